The molecule has 1 aromatic carbocycles. The van der Waals surface area contributed by atoms with Crippen molar-refractivity contribution in [3.8, 4) is 0 Å². The van der Waals surface area contributed by atoms with Gasteiger partial charge in [0, 0.05) is 12.5 Å². The first-order chi connectivity index (χ1) is 12.2. The third kappa shape index (κ3) is 6.24. The summed E-state index contributed by atoms with van der Waals surface area (Å²) in [5.74, 6) is -0.636. The molecule has 27 heavy (non-hydrogen) atoms. The van der Waals surface area contributed by atoms with Crippen molar-refractivity contribution in [2.45, 2.75) is 30.2 Å². The number of benzene rings is 1. The fourth-order valence-corrected chi connectivity index (χ4v) is 7.74. The molecule has 1 atom stereocenters. The summed E-state index contributed by atoms with van der Waals surface area (Å²) in [7, 11) is -13.7. The number of nitrogens with zero attached hydrogens (tertiary/aromatic N) is 2. The van der Waals surface area contributed by atoms with Crippen LogP contribution < -0.4 is 5.73 Å². The number of primary amides is 1. The second kappa shape index (κ2) is 8.65. The summed E-state index contributed by atoms with van der Waals surface area (Å²) >= 11 is 0. The maximum absolute atomic E-state index is 13.0. The minimum Gasteiger partial charge on any atom is -0.370 e. The topological polar surface area (TPSA) is 152 Å². The maximum Gasteiger partial charge on any atom is 0.258 e. The minimum atomic E-state index is -4.59. The van der Waals surface area contributed by atoms with Crippen molar-refractivity contribution in [3.63, 3.8) is 0 Å². The van der Waals surface area contributed by atoms with Gasteiger partial charge >= 0.3 is 0 Å². The number of carbonyl (C=O) groups is 1. The Bertz CT molecular complexity index is 942. The van der Waals surface area contributed by atoms with Crippen LogP contribution in [0.5, 0.6) is 0 Å². The van der Waals surface area contributed by atoms with E-state index >= 15 is 0 Å². The van der Waals surface area contributed by atoms with Gasteiger partial charge in [-0.1, -0.05) is 22.6 Å². The van der Waals surface area contributed by atoms with Crippen molar-refractivity contribution in [3.05, 3.63) is 37.3 Å². The molecule has 1 unspecified atom stereocenters. The molecule has 0 saturated heterocycles. The zero-order chi connectivity index (χ0) is 21.0. The normalized spacial score (nSPS) is 14.4. The summed E-state index contributed by atoms with van der Waals surface area (Å²) in [4.78, 5) is 10.6. The summed E-state index contributed by atoms with van der Waals surface area (Å²) in [6.45, 7) is 3.60. The number of amides is 1. The summed E-state index contributed by atoms with van der Waals surface area (Å²) < 4.78 is 74.6. The number of sulfonamides is 3. The average molecular weight is 441 g/mol. The molecule has 0 aliphatic rings. The lowest BCUT2D eigenvalue weighted by atomic mass is 10.1. The Kier molecular flexibility index (Phi) is 7.52. The Morgan fingerprint density at radius 1 is 1.04 bits per heavy atom. The minimum absolute atomic E-state index is 0.0890. The van der Waals surface area contributed by atoms with Crippen LogP contribution in [0.1, 0.15) is 19.3 Å². The second-order valence-corrected chi connectivity index (χ2v) is 11.5. The molecule has 0 fully saturated rings. The van der Waals surface area contributed by atoms with E-state index in [2.05, 4.69) is 6.92 Å². The molecule has 0 aromatic heterocycles. The number of carbonyl (C=O) groups excluding carboxylic acids is 1. The molecule has 0 aliphatic heterocycles. The fourth-order valence-electron chi connectivity index (χ4n) is 2.28. The van der Waals surface area contributed by atoms with Crippen molar-refractivity contribution in [1.82, 2.24) is 8.23 Å². The summed E-state index contributed by atoms with van der Waals surface area (Å²) in [6.07, 6.45) is 1.03. The molecule has 1 rings (SSSR count). The fraction of sp³-hybridized carbons (Fsp3) is 0.429. The zero-order valence-corrected chi connectivity index (χ0v) is 17.3. The van der Waals surface area contributed by atoms with Gasteiger partial charge in [0.25, 0.3) is 10.0 Å². The third-order valence-electron chi connectivity index (χ3n) is 3.29. The lowest BCUT2D eigenvalue weighted by molar-refractivity contribution is -0.118. The van der Waals surface area contributed by atoms with E-state index in [4.69, 9.17) is 5.73 Å². The first-order valence-corrected chi connectivity index (χ1v) is 12.7. The Hall–Kier alpha value is -1.54. The first-order valence-electron chi connectivity index (χ1n) is 7.60. The van der Waals surface area contributed by atoms with Gasteiger partial charge in [0.1, 0.15) is 0 Å². The van der Waals surface area contributed by atoms with Gasteiger partial charge in [-0.2, -0.15) is 0 Å². The summed E-state index contributed by atoms with van der Waals surface area (Å²) in [6, 6.07) is 5.41. The lowest BCUT2D eigenvalue weighted by Crippen LogP contribution is -2.55. The quantitative estimate of drug-likeness (QED) is 0.489. The van der Waals surface area contributed by atoms with Gasteiger partial charge in [0.2, 0.25) is 26.0 Å². The number of hydrogen-bond acceptors (Lipinski definition) is 7. The maximum atomic E-state index is 13.0. The third-order valence-corrected chi connectivity index (χ3v) is 8.43. The Morgan fingerprint density at radius 3 is 1.93 bits per heavy atom. The van der Waals surface area contributed by atoms with Crippen LogP contribution >= 0.6 is 0 Å². The van der Waals surface area contributed by atoms with Gasteiger partial charge < -0.3 is 5.73 Å². The van der Waals surface area contributed by atoms with Crippen molar-refractivity contribution < 1.29 is 30.0 Å². The molecule has 0 saturated carbocycles. The van der Waals surface area contributed by atoms with Gasteiger partial charge in [-0.15, -0.1) is 0 Å². The molecule has 153 valence electrons. The van der Waals surface area contributed by atoms with E-state index in [-0.39, 0.29) is 32.4 Å². The number of nitrogens with two attached hydrogens (primary N) is 1. The van der Waals surface area contributed by atoms with E-state index in [0.717, 1.165) is 0 Å². The summed E-state index contributed by atoms with van der Waals surface area (Å²) in [5.41, 5.74) is 5.04. The number of rotatable bonds is 10. The predicted molar refractivity (Wildman–Crippen MR) is 99.2 cm³/mol. The van der Waals surface area contributed by atoms with Crippen LogP contribution in [0, 0.1) is 6.92 Å². The smallest absolute Gasteiger partial charge is 0.258 e. The monoisotopic (exact) mass is 440 g/mol. The molecule has 0 spiro atoms. The van der Waals surface area contributed by atoms with Crippen molar-refractivity contribution in [1.29, 1.82) is 0 Å². The molecule has 0 bridgehead atoms. The first kappa shape index (κ1) is 23.5. The van der Waals surface area contributed by atoms with Crippen LogP contribution in [0.25, 0.3) is 0 Å². The molecule has 1 radical (unpaired) electrons. The Balaban J connectivity index is 3.55. The molecular formula is C14H22N3O7S3. The molecular weight excluding hydrogens is 418 g/mol. The van der Waals surface area contributed by atoms with Crippen LogP contribution in [0.4, 0.5) is 0 Å². The SMILES string of the molecule is [CH2]C(CCCC(N)=O)N(N(S(C)(=O)=O)S(C)(=O)=O)S(=O)(=O)c1ccccc1. The van der Waals surface area contributed by atoms with Crippen LogP contribution in [-0.2, 0) is 34.9 Å². The van der Waals surface area contributed by atoms with Crippen molar-refractivity contribution in [2.24, 2.45) is 5.73 Å². The molecule has 1 aromatic rings. The standard InChI is InChI=1S/C14H22N3O7S3/c1-12(8-7-11-14(15)18)16(17(25(2,19)20)26(3,21)22)27(23,24)13-9-5-4-6-10-13/h4-6,9-10,12H,1,7-8,11H2,2-3H3,(H2,15,18). The molecule has 0 aliphatic carbocycles. The number of hydrazine groups is 1. The van der Waals surface area contributed by atoms with Crippen LogP contribution in [0.3, 0.4) is 0 Å². The largest absolute Gasteiger partial charge is 0.370 e. The van der Waals surface area contributed by atoms with Gasteiger partial charge in [0.05, 0.1) is 17.4 Å². The van der Waals surface area contributed by atoms with E-state index in [0.29, 0.717) is 12.5 Å². The van der Waals surface area contributed by atoms with E-state index in [1.165, 1.54) is 24.3 Å². The van der Waals surface area contributed by atoms with E-state index in [9.17, 15) is 30.0 Å². The van der Waals surface area contributed by atoms with E-state index in [1.807, 2.05) is 0 Å². The van der Waals surface area contributed by atoms with Crippen LogP contribution in [-0.4, -0.2) is 57.9 Å². The average Bonchev–Trinajstić information content (AvgIpc) is 2.50. The number of hydrogen-bond donors (Lipinski definition) is 1. The summed E-state index contributed by atoms with van der Waals surface area (Å²) in [5, 5.41) is 0. The molecule has 1 amide bonds. The van der Waals surface area contributed by atoms with Gasteiger partial charge in [0.15, 0.2) is 0 Å². The van der Waals surface area contributed by atoms with Gasteiger partial charge in [-0.25, -0.2) is 25.3 Å². The zero-order valence-electron chi connectivity index (χ0n) is 14.8. The van der Waals surface area contributed by atoms with Crippen molar-refractivity contribution in [2.75, 3.05) is 12.5 Å². The highest BCUT2D eigenvalue weighted by Crippen LogP contribution is 2.26. The van der Waals surface area contributed by atoms with Gasteiger partial charge in [-0.05, 0) is 35.7 Å². The Morgan fingerprint density at radius 2 is 1.52 bits per heavy atom. The van der Waals surface area contributed by atoms with Gasteiger partial charge in [-0.3, -0.25) is 4.79 Å². The van der Waals surface area contributed by atoms with E-state index < -0.39 is 42.0 Å². The highest BCUT2D eigenvalue weighted by molar-refractivity contribution is 8.04. The molecule has 2 N–H and O–H groups in total. The highest BCUT2D eigenvalue weighted by atomic mass is 32.3. The highest BCUT2D eigenvalue weighted by Gasteiger charge is 2.44. The Labute approximate surface area is 160 Å². The van der Waals surface area contributed by atoms with Crippen molar-refractivity contribution >= 4 is 36.0 Å². The van der Waals surface area contributed by atoms with Crippen LogP contribution in [0.15, 0.2) is 35.2 Å². The second-order valence-electron chi connectivity index (χ2n) is 5.81. The molecule has 10 nitrogen and oxygen atoms in total. The lowest BCUT2D eigenvalue weighted by Gasteiger charge is -2.34. The van der Waals surface area contributed by atoms with Crippen LogP contribution in [0.2, 0.25) is 0 Å². The van der Waals surface area contributed by atoms with E-state index in [1.54, 1.807) is 6.07 Å². The molecule has 13 heteroatoms. The molecule has 0 heterocycles. The predicted octanol–water partition coefficient (Wildman–Crippen LogP) is -0.328.